The Morgan fingerprint density at radius 3 is 2.30 bits per heavy atom. The average molecular weight is 507 g/mol. The summed E-state index contributed by atoms with van der Waals surface area (Å²) in [6.07, 6.45) is 9.89. The monoisotopic (exact) mass is 506 g/mol. The zero-order chi connectivity index (χ0) is 24.9. The maximum Gasteiger partial charge on any atom is 0.264 e. The number of hydrogen-bond acceptors (Lipinski definition) is 7. The minimum Gasteiger partial charge on any atom is -0.389 e. The third-order valence-electron chi connectivity index (χ3n) is 8.87. The van der Waals surface area contributed by atoms with Crippen LogP contribution in [0.5, 0.6) is 0 Å². The second-order valence-electron chi connectivity index (χ2n) is 11.7. The third kappa shape index (κ3) is 5.85. The molecule has 0 unspecified atom stereocenters. The SMILES string of the molecule is CC(C)C1=C[C@H]2[C@H](CC1)[C@@]1(C)CCC[C@@](C)(COS(C)(=O)=O)[C@@H]1C[C@]2(O)CCOS(C)(=O)=O. The molecule has 0 aromatic heterocycles. The maximum atomic E-state index is 12.1. The van der Waals surface area contributed by atoms with E-state index in [9.17, 15) is 21.9 Å². The Hall–Kier alpha value is -0.480. The lowest BCUT2D eigenvalue weighted by molar-refractivity contribution is -0.194. The van der Waals surface area contributed by atoms with Gasteiger partial charge in [0.15, 0.2) is 0 Å². The van der Waals surface area contributed by atoms with Crippen LogP contribution in [0.4, 0.5) is 0 Å². The highest BCUT2D eigenvalue weighted by molar-refractivity contribution is 7.86. The lowest BCUT2D eigenvalue weighted by Gasteiger charge is -2.64. The first-order chi connectivity index (χ1) is 15.0. The summed E-state index contributed by atoms with van der Waals surface area (Å²) in [5.74, 6) is 0.609. The van der Waals surface area contributed by atoms with E-state index in [0.29, 0.717) is 12.3 Å². The molecule has 7 nitrogen and oxygen atoms in total. The molecule has 2 saturated carbocycles. The highest BCUT2D eigenvalue weighted by atomic mass is 32.2. The van der Waals surface area contributed by atoms with E-state index in [4.69, 9.17) is 8.37 Å². The Morgan fingerprint density at radius 1 is 1.09 bits per heavy atom. The first-order valence-electron chi connectivity index (χ1n) is 12.1. The van der Waals surface area contributed by atoms with Gasteiger partial charge in [0.05, 0.1) is 31.3 Å². The fourth-order valence-electron chi connectivity index (χ4n) is 7.17. The van der Waals surface area contributed by atoms with Gasteiger partial charge in [0, 0.05) is 12.3 Å². The van der Waals surface area contributed by atoms with Crippen LogP contribution in [0.15, 0.2) is 11.6 Å². The van der Waals surface area contributed by atoms with Crippen LogP contribution in [0, 0.1) is 34.5 Å². The van der Waals surface area contributed by atoms with Crippen LogP contribution < -0.4 is 0 Å². The summed E-state index contributed by atoms with van der Waals surface area (Å²) in [5.41, 5.74) is -0.222. The van der Waals surface area contributed by atoms with E-state index >= 15 is 0 Å². The van der Waals surface area contributed by atoms with Gasteiger partial charge in [0.1, 0.15) is 0 Å². The maximum absolute atomic E-state index is 12.1. The Kier molecular flexibility index (Phi) is 7.55. The van der Waals surface area contributed by atoms with Crippen molar-refractivity contribution in [1.82, 2.24) is 0 Å². The highest BCUT2D eigenvalue weighted by Crippen LogP contribution is 2.66. The van der Waals surface area contributed by atoms with Gasteiger partial charge >= 0.3 is 0 Å². The number of hydrogen-bond donors (Lipinski definition) is 1. The zero-order valence-electron chi connectivity index (χ0n) is 21.0. The smallest absolute Gasteiger partial charge is 0.264 e. The van der Waals surface area contributed by atoms with Crippen molar-refractivity contribution in [3.8, 4) is 0 Å². The van der Waals surface area contributed by atoms with Crippen LogP contribution in [0.1, 0.15) is 72.6 Å². The van der Waals surface area contributed by atoms with Crippen LogP contribution in [0.2, 0.25) is 0 Å². The number of fused-ring (bicyclic) bond motifs is 3. The number of allylic oxidation sites excluding steroid dienone is 1. The van der Waals surface area contributed by atoms with Gasteiger partial charge in [-0.15, -0.1) is 0 Å². The quantitative estimate of drug-likeness (QED) is 0.393. The summed E-state index contributed by atoms with van der Waals surface area (Å²) in [4.78, 5) is 0. The van der Waals surface area contributed by atoms with Gasteiger partial charge in [0.2, 0.25) is 0 Å². The van der Waals surface area contributed by atoms with Crippen LogP contribution in [-0.2, 0) is 28.6 Å². The minimum atomic E-state index is -3.60. The lowest BCUT2D eigenvalue weighted by atomic mass is 9.41. The molecule has 33 heavy (non-hydrogen) atoms. The standard InChI is InChI=1S/C24H42O7S2/c1-17(2)18-8-9-19-20(14-18)24(25,12-13-30-32(5,26)27)15-21-22(3,16-31-33(6,28)29)10-7-11-23(19,21)4/h14,17,19-21,25H,7-13,15-16H2,1-6H3/t19-,20-,21-,22-,23+,24+/m0/s1. The van der Waals surface area contributed by atoms with Crippen molar-refractivity contribution in [3.63, 3.8) is 0 Å². The summed E-state index contributed by atoms with van der Waals surface area (Å²) in [7, 11) is -7.18. The van der Waals surface area contributed by atoms with Gasteiger partial charge in [-0.05, 0) is 60.7 Å². The zero-order valence-corrected chi connectivity index (χ0v) is 22.6. The van der Waals surface area contributed by atoms with Gasteiger partial charge < -0.3 is 5.11 Å². The lowest BCUT2D eigenvalue weighted by Crippen LogP contribution is -2.62. The van der Waals surface area contributed by atoms with Gasteiger partial charge in [-0.2, -0.15) is 16.8 Å². The molecule has 9 heteroatoms. The van der Waals surface area contributed by atoms with E-state index in [2.05, 4.69) is 33.8 Å². The molecule has 0 aromatic rings. The molecule has 0 saturated heterocycles. The van der Waals surface area contributed by atoms with E-state index in [1.165, 1.54) is 5.57 Å². The Bertz CT molecular complexity index is 971. The minimum absolute atomic E-state index is 0.0541. The van der Waals surface area contributed by atoms with Crippen molar-refractivity contribution >= 4 is 20.2 Å². The van der Waals surface area contributed by atoms with Crippen molar-refractivity contribution in [2.75, 3.05) is 25.7 Å². The summed E-state index contributed by atoms with van der Waals surface area (Å²) >= 11 is 0. The predicted molar refractivity (Wildman–Crippen MR) is 128 cm³/mol. The van der Waals surface area contributed by atoms with Crippen molar-refractivity contribution in [2.24, 2.45) is 34.5 Å². The van der Waals surface area contributed by atoms with Crippen molar-refractivity contribution < 1.29 is 30.3 Å². The highest BCUT2D eigenvalue weighted by Gasteiger charge is 2.62. The molecule has 2 fully saturated rings. The number of aliphatic hydroxyl groups is 1. The van der Waals surface area contributed by atoms with Crippen LogP contribution >= 0.6 is 0 Å². The molecule has 0 bridgehead atoms. The van der Waals surface area contributed by atoms with Crippen LogP contribution in [0.3, 0.4) is 0 Å². The molecule has 3 rings (SSSR count). The predicted octanol–water partition coefficient (Wildman–Crippen LogP) is 3.89. The van der Waals surface area contributed by atoms with Crippen molar-refractivity contribution in [2.45, 2.75) is 78.2 Å². The van der Waals surface area contributed by atoms with E-state index in [1.807, 2.05) is 0 Å². The molecule has 6 atom stereocenters. The molecule has 0 aromatic carbocycles. The van der Waals surface area contributed by atoms with Crippen LogP contribution in [0.25, 0.3) is 0 Å². The molecule has 192 valence electrons. The molecule has 1 N–H and O–H groups in total. The first-order valence-corrected chi connectivity index (χ1v) is 15.7. The summed E-state index contributed by atoms with van der Waals surface area (Å²) in [5, 5.41) is 12.1. The Balaban J connectivity index is 2.00. The number of rotatable bonds is 8. The fraction of sp³-hybridized carbons (Fsp3) is 0.917. The van der Waals surface area contributed by atoms with E-state index in [-0.39, 0.29) is 42.8 Å². The Morgan fingerprint density at radius 2 is 1.73 bits per heavy atom. The molecule has 0 amide bonds. The molecule has 0 aliphatic heterocycles. The second-order valence-corrected chi connectivity index (χ2v) is 15.0. The van der Waals surface area contributed by atoms with E-state index in [1.54, 1.807) is 0 Å². The molecule has 0 spiro atoms. The second kappa shape index (κ2) is 9.19. The third-order valence-corrected chi connectivity index (χ3v) is 10.0. The van der Waals surface area contributed by atoms with Gasteiger partial charge in [-0.3, -0.25) is 8.37 Å². The van der Waals surface area contributed by atoms with Crippen LogP contribution in [-0.4, -0.2) is 53.3 Å². The first kappa shape index (κ1) is 27.1. The molecular formula is C24H42O7S2. The largest absolute Gasteiger partial charge is 0.389 e. The molecule has 3 aliphatic carbocycles. The van der Waals surface area contributed by atoms with E-state index in [0.717, 1.165) is 44.6 Å². The Labute approximate surface area is 200 Å². The van der Waals surface area contributed by atoms with Gasteiger partial charge in [0.25, 0.3) is 20.2 Å². The summed E-state index contributed by atoms with van der Waals surface area (Å²) in [6.45, 7) is 8.78. The summed E-state index contributed by atoms with van der Waals surface area (Å²) < 4.78 is 57.1. The fourth-order valence-corrected chi connectivity index (χ4v) is 8.04. The van der Waals surface area contributed by atoms with Crippen molar-refractivity contribution in [3.05, 3.63) is 11.6 Å². The van der Waals surface area contributed by atoms with Gasteiger partial charge in [-0.1, -0.05) is 45.8 Å². The topological polar surface area (TPSA) is 107 Å². The summed E-state index contributed by atoms with van der Waals surface area (Å²) in [6, 6.07) is 0. The molecule has 3 aliphatic rings. The van der Waals surface area contributed by atoms with E-state index < -0.39 is 31.3 Å². The van der Waals surface area contributed by atoms with Crippen molar-refractivity contribution in [1.29, 1.82) is 0 Å². The molecule has 0 radical (unpaired) electrons. The normalized spacial score (nSPS) is 39.6. The molecular weight excluding hydrogens is 464 g/mol. The molecule has 0 heterocycles. The average Bonchev–Trinajstić information content (AvgIpc) is 2.67. The van der Waals surface area contributed by atoms with Gasteiger partial charge in [-0.25, -0.2) is 0 Å².